The van der Waals surface area contributed by atoms with Crippen LogP contribution in [0.15, 0.2) is 42.5 Å². The van der Waals surface area contributed by atoms with Crippen LogP contribution in [-0.4, -0.2) is 13.9 Å². The fraction of sp³-hybridized carbons (Fsp3) is 0.0769. The van der Waals surface area contributed by atoms with Crippen LogP contribution in [0.3, 0.4) is 0 Å². The van der Waals surface area contributed by atoms with Crippen molar-refractivity contribution in [3.63, 3.8) is 0 Å². The van der Waals surface area contributed by atoms with E-state index in [2.05, 4.69) is 4.18 Å². The fourth-order valence-electron chi connectivity index (χ4n) is 1.95. The number of fused-ring (bicyclic) bond motifs is 3. The number of benzene rings is 2. The monoisotopic (exact) mass is 332 g/mol. The lowest BCUT2D eigenvalue weighted by Gasteiger charge is -2.09. The van der Waals surface area contributed by atoms with Gasteiger partial charge in [-0.25, -0.2) is 0 Å². The first kappa shape index (κ1) is 14.2. The van der Waals surface area contributed by atoms with Crippen LogP contribution in [0, 0.1) is 0 Å². The molecule has 21 heavy (non-hydrogen) atoms. The van der Waals surface area contributed by atoms with Gasteiger partial charge in [-0.3, -0.25) is 0 Å². The van der Waals surface area contributed by atoms with Crippen LogP contribution in [0.5, 0.6) is 5.75 Å². The Morgan fingerprint density at radius 3 is 2.33 bits per heavy atom. The van der Waals surface area contributed by atoms with Gasteiger partial charge in [0.05, 0.1) is 4.70 Å². The van der Waals surface area contributed by atoms with Gasteiger partial charge in [0.25, 0.3) is 0 Å². The predicted molar refractivity (Wildman–Crippen MR) is 74.9 cm³/mol. The van der Waals surface area contributed by atoms with Gasteiger partial charge in [0.15, 0.2) is 5.75 Å². The molecular formula is C13H7F3O3S2. The van der Waals surface area contributed by atoms with Crippen molar-refractivity contribution < 1.29 is 25.8 Å². The van der Waals surface area contributed by atoms with Gasteiger partial charge in [-0.1, -0.05) is 30.3 Å². The average molecular weight is 332 g/mol. The third kappa shape index (κ3) is 2.34. The van der Waals surface area contributed by atoms with Crippen molar-refractivity contribution in [3.05, 3.63) is 42.5 Å². The standard InChI is InChI=1S/C13H7F3O3S2/c14-13(15,16)21(17,18)19-10-6-3-5-9-8-4-1-2-7-11(8)20-12(9)10/h1-7H. The second-order valence-electron chi connectivity index (χ2n) is 4.21. The Morgan fingerprint density at radius 2 is 1.62 bits per heavy atom. The minimum absolute atomic E-state index is 0.314. The molecule has 2 aromatic carbocycles. The molecule has 0 fully saturated rings. The summed E-state index contributed by atoms with van der Waals surface area (Å²) >= 11 is 1.18. The topological polar surface area (TPSA) is 43.4 Å². The Bertz CT molecular complexity index is 927. The quantitative estimate of drug-likeness (QED) is 0.519. The third-order valence-electron chi connectivity index (χ3n) is 2.85. The van der Waals surface area contributed by atoms with Crippen molar-refractivity contribution in [3.8, 4) is 5.75 Å². The molecule has 3 aromatic rings. The summed E-state index contributed by atoms with van der Waals surface area (Å²) in [4.78, 5) is 0. The Balaban J connectivity index is 2.21. The van der Waals surface area contributed by atoms with E-state index in [0.29, 0.717) is 10.1 Å². The lowest BCUT2D eigenvalue weighted by Crippen LogP contribution is -2.28. The maximum atomic E-state index is 12.4. The van der Waals surface area contributed by atoms with Crippen molar-refractivity contribution in [2.45, 2.75) is 5.51 Å². The molecule has 110 valence electrons. The van der Waals surface area contributed by atoms with Crippen molar-refractivity contribution in [1.82, 2.24) is 0 Å². The van der Waals surface area contributed by atoms with Crippen LogP contribution in [0.1, 0.15) is 0 Å². The zero-order valence-electron chi connectivity index (χ0n) is 10.2. The normalized spacial score (nSPS) is 12.9. The summed E-state index contributed by atoms with van der Waals surface area (Å²) < 4.78 is 65.0. The first-order valence-electron chi connectivity index (χ1n) is 5.70. The van der Waals surface area contributed by atoms with Gasteiger partial charge in [0.1, 0.15) is 0 Å². The van der Waals surface area contributed by atoms with E-state index in [1.54, 1.807) is 18.2 Å². The Hall–Kier alpha value is -1.80. The summed E-state index contributed by atoms with van der Waals surface area (Å²) in [6.45, 7) is 0. The molecule has 0 amide bonds. The van der Waals surface area contributed by atoms with E-state index < -0.39 is 15.6 Å². The maximum absolute atomic E-state index is 12.4. The number of halogens is 3. The minimum Gasteiger partial charge on any atom is -0.374 e. The Kier molecular flexibility index (Phi) is 3.10. The van der Waals surface area contributed by atoms with Gasteiger partial charge in [-0.15, -0.1) is 11.3 Å². The van der Waals surface area contributed by atoms with Crippen LogP contribution in [0.25, 0.3) is 20.2 Å². The Labute approximate surface area is 121 Å². The molecule has 0 spiro atoms. The highest BCUT2D eigenvalue weighted by molar-refractivity contribution is 7.88. The highest BCUT2D eigenvalue weighted by atomic mass is 32.2. The van der Waals surface area contributed by atoms with Gasteiger partial charge in [-0.2, -0.15) is 21.6 Å². The molecule has 0 bridgehead atoms. The predicted octanol–water partition coefficient (Wildman–Crippen LogP) is 4.28. The molecule has 3 rings (SSSR count). The highest BCUT2D eigenvalue weighted by Crippen LogP contribution is 2.40. The summed E-state index contributed by atoms with van der Waals surface area (Å²) in [7, 11) is -5.67. The zero-order chi connectivity index (χ0) is 15.3. The van der Waals surface area contributed by atoms with Crippen molar-refractivity contribution in [2.75, 3.05) is 0 Å². The van der Waals surface area contributed by atoms with E-state index in [1.807, 2.05) is 12.1 Å². The summed E-state index contributed by atoms with van der Waals surface area (Å²) in [5.74, 6) is -0.314. The molecule has 0 aliphatic rings. The minimum atomic E-state index is -5.67. The molecule has 0 unspecified atom stereocenters. The van der Waals surface area contributed by atoms with Crippen LogP contribution in [0.4, 0.5) is 13.2 Å². The molecule has 0 saturated carbocycles. The molecule has 0 N–H and O–H groups in total. The largest absolute Gasteiger partial charge is 0.534 e. The van der Waals surface area contributed by atoms with E-state index in [4.69, 9.17) is 0 Å². The van der Waals surface area contributed by atoms with E-state index in [1.165, 1.54) is 23.5 Å². The van der Waals surface area contributed by atoms with Gasteiger partial charge in [-0.05, 0) is 12.1 Å². The molecule has 1 heterocycles. The number of hydrogen-bond acceptors (Lipinski definition) is 4. The number of thiophene rings is 1. The SMILES string of the molecule is O=S(=O)(Oc1cccc2c1sc1ccccc12)C(F)(F)F. The number of alkyl halides is 3. The van der Waals surface area contributed by atoms with E-state index in [9.17, 15) is 21.6 Å². The number of hydrogen-bond donors (Lipinski definition) is 0. The van der Waals surface area contributed by atoms with Crippen LogP contribution in [-0.2, 0) is 10.1 Å². The lowest BCUT2D eigenvalue weighted by atomic mass is 10.1. The molecule has 3 nitrogen and oxygen atoms in total. The van der Waals surface area contributed by atoms with Crippen molar-refractivity contribution >= 4 is 41.6 Å². The van der Waals surface area contributed by atoms with E-state index in [-0.39, 0.29) is 5.75 Å². The molecule has 0 saturated heterocycles. The van der Waals surface area contributed by atoms with E-state index in [0.717, 1.165) is 10.1 Å². The maximum Gasteiger partial charge on any atom is 0.534 e. The van der Waals surface area contributed by atoms with Gasteiger partial charge in [0.2, 0.25) is 0 Å². The van der Waals surface area contributed by atoms with Gasteiger partial charge < -0.3 is 4.18 Å². The van der Waals surface area contributed by atoms with Crippen LogP contribution < -0.4 is 4.18 Å². The third-order valence-corrected chi connectivity index (χ3v) is 5.02. The summed E-state index contributed by atoms with van der Waals surface area (Å²) in [5, 5.41) is 1.50. The molecule has 0 aliphatic carbocycles. The smallest absolute Gasteiger partial charge is 0.374 e. The van der Waals surface area contributed by atoms with Gasteiger partial charge >= 0.3 is 15.6 Å². The van der Waals surface area contributed by atoms with Crippen molar-refractivity contribution in [1.29, 1.82) is 0 Å². The molecule has 8 heteroatoms. The van der Waals surface area contributed by atoms with E-state index >= 15 is 0 Å². The molecule has 1 aromatic heterocycles. The first-order chi connectivity index (χ1) is 9.79. The molecular weight excluding hydrogens is 325 g/mol. The highest BCUT2D eigenvalue weighted by Gasteiger charge is 2.48. The lowest BCUT2D eigenvalue weighted by molar-refractivity contribution is -0.0499. The average Bonchev–Trinajstić information content (AvgIpc) is 2.77. The summed E-state index contributed by atoms with van der Waals surface area (Å²) in [6, 6.07) is 11.6. The van der Waals surface area contributed by atoms with Crippen LogP contribution >= 0.6 is 11.3 Å². The number of rotatable bonds is 2. The first-order valence-corrected chi connectivity index (χ1v) is 7.93. The van der Waals surface area contributed by atoms with Crippen LogP contribution in [0.2, 0.25) is 0 Å². The molecule has 0 radical (unpaired) electrons. The zero-order valence-corrected chi connectivity index (χ0v) is 11.8. The summed E-state index contributed by atoms with van der Waals surface area (Å²) in [5.41, 5.74) is -5.45. The summed E-state index contributed by atoms with van der Waals surface area (Å²) in [6.07, 6.45) is 0. The fourth-order valence-corrected chi connectivity index (χ4v) is 3.63. The Morgan fingerprint density at radius 1 is 0.952 bits per heavy atom. The second-order valence-corrected chi connectivity index (χ2v) is 6.80. The molecule has 0 aliphatic heterocycles. The van der Waals surface area contributed by atoms with Crippen molar-refractivity contribution in [2.24, 2.45) is 0 Å². The van der Waals surface area contributed by atoms with Gasteiger partial charge in [0, 0.05) is 15.5 Å². The second kappa shape index (κ2) is 4.60. The molecule has 0 atom stereocenters.